The molecule has 0 atom stereocenters. The fourth-order valence-corrected chi connectivity index (χ4v) is 4.42. The lowest BCUT2D eigenvalue weighted by atomic mass is 10.2. The molecule has 148 valence electrons. The second-order valence-corrected chi connectivity index (χ2v) is 8.40. The summed E-state index contributed by atoms with van der Waals surface area (Å²) in [7, 11) is -3.51. The first-order chi connectivity index (χ1) is 13.5. The Labute approximate surface area is 164 Å². The Morgan fingerprint density at radius 2 is 1.61 bits per heavy atom. The zero-order valence-electron chi connectivity index (χ0n) is 15.3. The molecule has 1 heterocycles. The standard InChI is InChI=1S/C20H22N2O5S/c23-19(27-15-16-6-2-1-3-7-16)14-21-20(24)17-8-10-18(11-9-17)28(25,26)22-12-4-5-13-22/h1-3,6-11H,4-5,12-15H2,(H,21,24). The summed E-state index contributed by atoms with van der Waals surface area (Å²) in [4.78, 5) is 24.1. The van der Waals surface area contributed by atoms with Gasteiger partial charge in [0.25, 0.3) is 5.91 Å². The van der Waals surface area contributed by atoms with E-state index in [2.05, 4.69) is 5.32 Å². The van der Waals surface area contributed by atoms with Crippen LogP contribution in [0.2, 0.25) is 0 Å². The van der Waals surface area contributed by atoms with Gasteiger partial charge in [0.05, 0.1) is 4.90 Å². The lowest BCUT2D eigenvalue weighted by molar-refractivity contribution is -0.143. The smallest absolute Gasteiger partial charge is 0.325 e. The van der Waals surface area contributed by atoms with E-state index in [-0.39, 0.29) is 23.6 Å². The van der Waals surface area contributed by atoms with Crippen molar-refractivity contribution in [3.8, 4) is 0 Å². The molecule has 1 N–H and O–H groups in total. The van der Waals surface area contributed by atoms with E-state index in [1.54, 1.807) is 0 Å². The highest BCUT2D eigenvalue weighted by atomic mass is 32.2. The van der Waals surface area contributed by atoms with Crippen LogP contribution in [0.25, 0.3) is 0 Å². The van der Waals surface area contributed by atoms with Gasteiger partial charge in [-0.05, 0) is 42.7 Å². The predicted octanol–water partition coefficient (Wildman–Crippen LogP) is 1.94. The number of benzene rings is 2. The van der Waals surface area contributed by atoms with Crippen molar-refractivity contribution in [3.05, 3.63) is 65.7 Å². The van der Waals surface area contributed by atoms with Crippen LogP contribution in [0.15, 0.2) is 59.5 Å². The van der Waals surface area contributed by atoms with Gasteiger partial charge in [0, 0.05) is 18.7 Å². The normalized spacial score (nSPS) is 14.6. The highest BCUT2D eigenvalue weighted by molar-refractivity contribution is 7.89. The summed E-state index contributed by atoms with van der Waals surface area (Å²) in [6.07, 6.45) is 1.72. The minimum atomic E-state index is -3.51. The third-order valence-electron chi connectivity index (χ3n) is 4.46. The number of hydrogen-bond donors (Lipinski definition) is 1. The maximum Gasteiger partial charge on any atom is 0.325 e. The molecule has 0 bridgehead atoms. The number of rotatable bonds is 7. The van der Waals surface area contributed by atoms with Gasteiger partial charge in [-0.1, -0.05) is 30.3 Å². The first kappa shape index (κ1) is 20.0. The zero-order valence-corrected chi connectivity index (χ0v) is 16.2. The molecule has 1 saturated heterocycles. The molecule has 0 unspecified atom stereocenters. The first-order valence-electron chi connectivity index (χ1n) is 9.05. The topological polar surface area (TPSA) is 92.8 Å². The SMILES string of the molecule is O=C(CNC(=O)c1ccc(S(=O)(=O)N2CCCC2)cc1)OCc1ccccc1. The van der Waals surface area contributed by atoms with E-state index in [0.29, 0.717) is 13.1 Å². The van der Waals surface area contributed by atoms with Crippen LogP contribution in [-0.4, -0.2) is 44.2 Å². The van der Waals surface area contributed by atoms with Gasteiger partial charge < -0.3 is 10.1 Å². The van der Waals surface area contributed by atoms with E-state index in [1.807, 2.05) is 30.3 Å². The van der Waals surface area contributed by atoms with Crippen LogP contribution in [0.4, 0.5) is 0 Å². The van der Waals surface area contributed by atoms with Gasteiger partial charge in [-0.25, -0.2) is 8.42 Å². The molecule has 0 aliphatic carbocycles. The molecule has 0 saturated carbocycles. The van der Waals surface area contributed by atoms with E-state index >= 15 is 0 Å². The van der Waals surface area contributed by atoms with E-state index in [9.17, 15) is 18.0 Å². The van der Waals surface area contributed by atoms with Crippen LogP contribution < -0.4 is 5.32 Å². The quantitative estimate of drug-likeness (QED) is 0.715. The molecular formula is C20H22N2O5S. The summed E-state index contributed by atoms with van der Waals surface area (Å²) in [5.74, 6) is -1.02. The highest BCUT2D eigenvalue weighted by Gasteiger charge is 2.27. The van der Waals surface area contributed by atoms with Crippen molar-refractivity contribution in [2.24, 2.45) is 0 Å². The zero-order chi connectivity index (χ0) is 20.0. The highest BCUT2D eigenvalue weighted by Crippen LogP contribution is 2.21. The molecule has 7 nitrogen and oxygen atoms in total. The Kier molecular flexibility index (Phi) is 6.43. The van der Waals surface area contributed by atoms with Crippen molar-refractivity contribution >= 4 is 21.9 Å². The Morgan fingerprint density at radius 3 is 2.25 bits per heavy atom. The van der Waals surface area contributed by atoms with Crippen molar-refractivity contribution in [1.29, 1.82) is 0 Å². The number of ether oxygens (including phenoxy) is 1. The fraction of sp³-hybridized carbons (Fsp3) is 0.300. The van der Waals surface area contributed by atoms with Crippen LogP contribution in [0.3, 0.4) is 0 Å². The number of hydrogen-bond acceptors (Lipinski definition) is 5. The molecule has 0 radical (unpaired) electrons. The lowest BCUT2D eigenvalue weighted by Gasteiger charge is -2.15. The molecule has 2 aromatic rings. The Morgan fingerprint density at radius 1 is 0.964 bits per heavy atom. The lowest BCUT2D eigenvalue weighted by Crippen LogP contribution is -2.31. The third-order valence-corrected chi connectivity index (χ3v) is 6.37. The molecule has 1 aliphatic rings. The molecule has 2 aromatic carbocycles. The minimum absolute atomic E-state index is 0.138. The second kappa shape index (κ2) is 8.99. The second-order valence-electron chi connectivity index (χ2n) is 6.46. The van der Waals surface area contributed by atoms with E-state index < -0.39 is 21.9 Å². The van der Waals surface area contributed by atoms with Crippen LogP contribution in [-0.2, 0) is 26.2 Å². The monoisotopic (exact) mass is 402 g/mol. The summed E-state index contributed by atoms with van der Waals surface area (Å²) in [5, 5.41) is 2.47. The number of carbonyl (C=O) groups excluding carboxylic acids is 2. The largest absolute Gasteiger partial charge is 0.460 e. The molecule has 0 spiro atoms. The number of esters is 1. The van der Waals surface area contributed by atoms with Gasteiger partial charge in [0.15, 0.2) is 0 Å². The van der Waals surface area contributed by atoms with E-state index in [1.165, 1.54) is 28.6 Å². The molecule has 1 amide bonds. The van der Waals surface area contributed by atoms with Crippen molar-refractivity contribution in [2.75, 3.05) is 19.6 Å². The summed E-state index contributed by atoms with van der Waals surface area (Å²) >= 11 is 0. The number of sulfonamides is 1. The summed E-state index contributed by atoms with van der Waals surface area (Å²) in [6, 6.07) is 14.9. The Balaban J connectivity index is 1.51. The summed E-state index contributed by atoms with van der Waals surface area (Å²) in [5.41, 5.74) is 1.13. The molecular weight excluding hydrogens is 380 g/mol. The average molecular weight is 402 g/mol. The number of nitrogens with one attached hydrogen (secondary N) is 1. The molecule has 0 aromatic heterocycles. The first-order valence-corrected chi connectivity index (χ1v) is 10.5. The minimum Gasteiger partial charge on any atom is -0.460 e. The maximum atomic E-state index is 12.5. The molecule has 1 fully saturated rings. The van der Waals surface area contributed by atoms with Gasteiger partial charge in [-0.3, -0.25) is 9.59 Å². The van der Waals surface area contributed by atoms with Gasteiger partial charge in [-0.15, -0.1) is 0 Å². The Hall–Kier alpha value is -2.71. The fourth-order valence-electron chi connectivity index (χ4n) is 2.90. The van der Waals surface area contributed by atoms with Crippen molar-refractivity contribution in [3.63, 3.8) is 0 Å². The average Bonchev–Trinajstić information content (AvgIpc) is 3.27. The van der Waals surface area contributed by atoms with Crippen LogP contribution >= 0.6 is 0 Å². The summed E-state index contributed by atoms with van der Waals surface area (Å²) in [6.45, 7) is 0.920. The van der Waals surface area contributed by atoms with Crippen molar-refractivity contribution in [1.82, 2.24) is 9.62 Å². The van der Waals surface area contributed by atoms with Gasteiger partial charge >= 0.3 is 5.97 Å². The van der Waals surface area contributed by atoms with Crippen LogP contribution in [0.5, 0.6) is 0 Å². The van der Waals surface area contributed by atoms with Crippen molar-refractivity contribution in [2.45, 2.75) is 24.3 Å². The molecule has 1 aliphatic heterocycles. The van der Waals surface area contributed by atoms with E-state index in [0.717, 1.165) is 18.4 Å². The predicted molar refractivity (Wildman–Crippen MR) is 103 cm³/mol. The third kappa shape index (κ3) is 4.96. The number of carbonyl (C=O) groups is 2. The number of amides is 1. The summed E-state index contributed by atoms with van der Waals surface area (Å²) < 4.78 is 31.5. The van der Waals surface area contributed by atoms with Crippen LogP contribution in [0, 0.1) is 0 Å². The van der Waals surface area contributed by atoms with Crippen LogP contribution in [0.1, 0.15) is 28.8 Å². The van der Waals surface area contributed by atoms with Gasteiger partial charge in [0.1, 0.15) is 13.2 Å². The molecule has 3 rings (SSSR count). The van der Waals surface area contributed by atoms with E-state index in [4.69, 9.17) is 4.74 Å². The van der Waals surface area contributed by atoms with Crippen molar-refractivity contribution < 1.29 is 22.7 Å². The maximum absolute atomic E-state index is 12.5. The Bertz CT molecular complexity index is 921. The molecule has 8 heteroatoms. The van der Waals surface area contributed by atoms with Gasteiger partial charge in [-0.2, -0.15) is 4.31 Å². The number of nitrogens with zero attached hydrogens (tertiary/aromatic N) is 1. The molecule has 28 heavy (non-hydrogen) atoms. The van der Waals surface area contributed by atoms with Gasteiger partial charge in [0.2, 0.25) is 10.0 Å².